The molecule has 1 atom stereocenters. The molecule has 2 N–H and O–H groups in total. The Balaban J connectivity index is 1.62. The van der Waals surface area contributed by atoms with Crippen molar-refractivity contribution in [1.29, 1.82) is 5.26 Å². The van der Waals surface area contributed by atoms with Crippen LogP contribution in [0.3, 0.4) is 0 Å². The van der Waals surface area contributed by atoms with Gasteiger partial charge in [0.05, 0.1) is 12.5 Å². The number of para-hydroxylation sites is 1. The number of hydrogen-bond donors (Lipinski definition) is 1. The van der Waals surface area contributed by atoms with Gasteiger partial charge in [0, 0.05) is 28.3 Å². The van der Waals surface area contributed by atoms with Gasteiger partial charge in [0.25, 0.3) is 0 Å². The molecular weight excluding hydrogens is 452 g/mol. The maximum absolute atomic E-state index is 12.3. The molecule has 3 aromatic carbocycles. The highest BCUT2D eigenvalue weighted by atomic mass is 35.5. The van der Waals surface area contributed by atoms with E-state index in [1.54, 1.807) is 48.5 Å². The van der Waals surface area contributed by atoms with Crippen molar-refractivity contribution in [3.63, 3.8) is 0 Å². The summed E-state index contributed by atoms with van der Waals surface area (Å²) in [5, 5.41) is 10.4. The quantitative estimate of drug-likeness (QED) is 0.286. The molecule has 170 valence electrons. The molecule has 0 aliphatic carbocycles. The predicted octanol–water partition coefficient (Wildman–Crippen LogP) is 5.58. The fraction of sp³-hybridized carbons (Fsp3) is 0.111. The minimum absolute atomic E-state index is 0.00240. The van der Waals surface area contributed by atoms with Gasteiger partial charge in [-0.15, -0.1) is 0 Å². The number of carbonyl (C=O) groups excluding carboxylic acids is 1. The molecule has 4 rings (SSSR count). The van der Waals surface area contributed by atoms with Gasteiger partial charge >= 0.3 is 5.97 Å². The first kappa shape index (κ1) is 23.0. The van der Waals surface area contributed by atoms with E-state index < -0.39 is 11.9 Å². The van der Waals surface area contributed by atoms with E-state index in [4.69, 9.17) is 31.5 Å². The minimum atomic E-state index is -0.551. The first-order chi connectivity index (χ1) is 16.5. The van der Waals surface area contributed by atoms with Crippen molar-refractivity contribution in [3.05, 3.63) is 106 Å². The van der Waals surface area contributed by atoms with Crippen LogP contribution >= 0.6 is 11.6 Å². The topological polar surface area (TPSA) is 94.6 Å². The van der Waals surface area contributed by atoms with Crippen LogP contribution in [0.5, 0.6) is 17.2 Å². The largest absolute Gasteiger partial charge is 0.494 e. The Morgan fingerprint density at radius 2 is 1.91 bits per heavy atom. The summed E-state index contributed by atoms with van der Waals surface area (Å²) in [6.45, 7) is 2.37. The minimum Gasteiger partial charge on any atom is -0.494 e. The molecule has 7 heteroatoms. The van der Waals surface area contributed by atoms with Crippen molar-refractivity contribution in [2.45, 2.75) is 12.8 Å². The molecule has 3 aromatic rings. The normalized spacial score (nSPS) is 14.8. The molecule has 0 aromatic heterocycles. The molecule has 1 aliphatic heterocycles. The number of rotatable bonds is 6. The van der Waals surface area contributed by atoms with Crippen molar-refractivity contribution in [2.75, 3.05) is 6.61 Å². The van der Waals surface area contributed by atoms with Crippen molar-refractivity contribution in [1.82, 2.24) is 0 Å². The monoisotopic (exact) mass is 472 g/mol. The Hall–Kier alpha value is -4.21. The molecule has 0 amide bonds. The lowest BCUT2D eigenvalue weighted by Gasteiger charge is -2.27. The number of ether oxygens (including phenoxy) is 3. The summed E-state index contributed by atoms with van der Waals surface area (Å²) in [4.78, 5) is 12.3. The number of nitrogens with two attached hydrogens (primary N) is 1. The second-order valence-corrected chi connectivity index (χ2v) is 7.84. The third-order valence-electron chi connectivity index (χ3n) is 5.22. The maximum Gasteiger partial charge on any atom is 0.336 e. The summed E-state index contributed by atoms with van der Waals surface area (Å²) in [7, 11) is 0. The lowest BCUT2D eigenvalue weighted by atomic mass is 9.83. The maximum atomic E-state index is 12.3. The van der Waals surface area contributed by atoms with E-state index in [0.29, 0.717) is 23.1 Å². The fourth-order valence-corrected chi connectivity index (χ4v) is 3.84. The van der Waals surface area contributed by atoms with Crippen LogP contribution in [0.2, 0.25) is 5.02 Å². The van der Waals surface area contributed by atoms with Crippen molar-refractivity contribution in [2.24, 2.45) is 5.73 Å². The number of esters is 1. The van der Waals surface area contributed by atoms with Crippen molar-refractivity contribution in [3.8, 4) is 23.3 Å². The molecule has 0 spiro atoms. The third kappa shape index (κ3) is 4.90. The van der Waals surface area contributed by atoms with Crippen LogP contribution in [-0.2, 0) is 4.79 Å². The van der Waals surface area contributed by atoms with Gasteiger partial charge in [-0.1, -0.05) is 48.0 Å². The van der Waals surface area contributed by atoms with E-state index in [2.05, 4.69) is 6.07 Å². The average Bonchev–Trinajstić information content (AvgIpc) is 2.83. The van der Waals surface area contributed by atoms with Gasteiger partial charge in [-0.05, 0) is 42.8 Å². The van der Waals surface area contributed by atoms with E-state index in [-0.39, 0.29) is 17.2 Å². The molecule has 0 saturated carbocycles. The Morgan fingerprint density at radius 1 is 1.15 bits per heavy atom. The van der Waals surface area contributed by atoms with Gasteiger partial charge in [-0.3, -0.25) is 0 Å². The molecule has 1 aliphatic rings. The number of benzene rings is 3. The summed E-state index contributed by atoms with van der Waals surface area (Å²) in [6, 6.07) is 21.7. The second-order valence-electron chi connectivity index (χ2n) is 7.40. The molecule has 1 unspecified atom stereocenters. The smallest absolute Gasteiger partial charge is 0.336 e. The van der Waals surface area contributed by atoms with Crippen LogP contribution in [0, 0.1) is 11.3 Å². The van der Waals surface area contributed by atoms with Gasteiger partial charge in [0.15, 0.2) is 0 Å². The Labute approximate surface area is 202 Å². The summed E-state index contributed by atoms with van der Waals surface area (Å²) in [5.74, 6) is 0.314. The molecule has 0 fully saturated rings. The number of halogens is 1. The molecule has 0 bridgehead atoms. The molecular formula is C27H21ClN2O4. The zero-order chi connectivity index (χ0) is 24.1. The van der Waals surface area contributed by atoms with Crippen LogP contribution in [0.15, 0.2) is 84.3 Å². The molecule has 0 radical (unpaired) electrons. The number of carbonyl (C=O) groups is 1. The first-order valence-corrected chi connectivity index (χ1v) is 11.0. The Bertz CT molecular complexity index is 1320. The van der Waals surface area contributed by atoms with Crippen LogP contribution in [0.4, 0.5) is 0 Å². The van der Waals surface area contributed by atoms with Crippen LogP contribution < -0.4 is 19.9 Å². The van der Waals surface area contributed by atoms with E-state index in [1.165, 1.54) is 6.08 Å². The number of allylic oxidation sites excluding steroid dienone is 1. The fourth-order valence-electron chi connectivity index (χ4n) is 3.71. The Kier molecular flexibility index (Phi) is 6.86. The summed E-state index contributed by atoms with van der Waals surface area (Å²) in [5.41, 5.74) is 8.71. The number of nitrogens with zero attached hydrogens (tertiary/aromatic N) is 1. The summed E-state index contributed by atoms with van der Waals surface area (Å²) < 4.78 is 16.9. The van der Waals surface area contributed by atoms with Gasteiger partial charge in [0.2, 0.25) is 5.88 Å². The highest BCUT2D eigenvalue weighted by Crippen LogP contribution is 2.45. The van der Waals surface area contributed by atoms with Crippen LogP contribution in [0.25, 0.3) is 6.08 Å². The van der Waals surface area contributed by atoms with E-state index in [1.807, 2.05) is 31.2 Å². The van der Waals surface area contributed by atoms with Gasteiger partial charge in [-0.25, -0.2) is 4.79 Å². The van der Waals surface area contributed by atoms with Crippen molar-refractivity contribution >= 4 is 23.6 Å². The summed E-state index contributed by atoms with van der Waals surface area (Å²) >= 11 is 5.88. The van der Waals surface area contributed by atoms with Gasteiger partial charge in [-0.2, -0.15) is 5.26 Å². The third-order valence-corrected chi connectivity index (χ3v) is 5.47. The van der Waals surface area contributed by atoms with Crippen LogP contribution in [-0.4, -0.2) is 12.6 Å². The standard InChI is InChI=1S/C27H21ClN2O4/c1-2-32-23-6-4-3-5-20(23)26-21-13-12-19(15-24(21)34-27(30)22(26)16-29)33-25(31)14-9-17-7-10-18(28)11-8-17/h3-15,26H,2,30H2,1H3/b14-9+. The molecule has 34 heavy (non-hydrogen) atoms. The van der Waals surface area contributed by atoms with Crippen LogP contribution in [0.1, 0.15) is 29.5 Å². The molecule has 0 saturated heterocycles. The van der Waals surface area contributed by atoms with E-state index >= 15 is 0 Å². The van der Waals surface area contributed by atoms with Gasteiger partial charge < -0.3 is 19.9 Å². The molecule has 1 heterocycles. The second kappa shape index (κ2) is 10.2. The highest BCUT2D eigenvalue weighted by Gasteiger charge is 2.32. The molecule has 6 nitrogen and oxygen atoms in total. The Morgan fingerprint density at radius 3 is 2.65 bits per heavy atom. The lowest BCUT2D eigenvalue weighted by molar-refractivity contribution is -0.128. The zero-order valence-electron chi connectivity index (χ0n) is 18.3. The average molecular weight is 473 g/mol. The SMILES string of the molecule is CCOc1ccccc1C1C(C#N)=C(N)Oc2cc(OC(=O)/C=C/c3ccc(Cl)cc3)ccc21. The highest BCUT2D eigenvalue weighted by molar-refractivity contribution is 6.30. The van der Waals surface area contributed by atoms with E-state index in [0.717, 1.165) is 16.7 Å². The predicted molar refractivity (Wildman–Crippen MR) is 129 cm³/mol. The lowest BCUT2D eigenvalue weighted by Crippen LogP contribution is -2.21. The summed E-state index contributed by atoms with van der Waals surface area (Å²) in [6.07, 6.45) is 2.96. The zero-order valence-corrected chi connectivity index (χ0v) is 19.1. The van der Waals surface area contributed by atoms with Gasteiger partial charge in [0.1, 0.15) is 28.9 Å². The number of fused-ring (bicyclic) bond motifs is 1. The number of hydrogen-bond acceptors (Lipinski definition) is 6. The van der Waals surface area contributed by atoms with Crippen molar-refractivity contribution < 1.29 is 19.0 Å². The first-order valence-electron chi connectivity index (χ1n) is 10.6. The van der Waals surface area contributed by atoms with E-state index in [9.17, 15) is 10.1 Å². The number of nitriles is 1.